The zero-order valence-corrected chi connectivity index (χ0v) is 20.8. The van der Waals surface area contributed by atoms with E-state index in [-0.39, 0.29) is 11.8 Å². The number of benzene rings is 2. The van der Waals surface area contributed by atoms with Crippen LogP contribution in [0, 0.1) is 0 Å². The molecule has 2 aromatic carbocycles. The highest BCUT2D eigenvalue weighted by molar-refractivity contribution is 6.00. The third-order valence-corrected chi connectivity index (χ3v) is 6.77. The summed E-state index contributed by atoms with van der Waals surface area (Å²) >= 11 is 0. The third-order valence-electron chi connectivity index (χ3n) is 6.77. The minimum atomic E-state index is 0.0334. The summed E-state index contributed by atoms with van der Waals surface area (Å²) < 4.78 is 0. The quantitative estimate of drug-likeness (QED) is 0.513. The zero-order chi connectivity index (χ0) is 24.9. The van der Waals surface area contributed by atoms with Gasteiger partial charge in [0.25, 0.3) is 5.91 Å². The highest BCUT2D eigenvalue weighted by atomic mass is 16.2. The van der Waals surface area contributed by atoms with Gasteiger partial charge >= 0.3 is 0 Å². The van der Waals surface area contributed by atoms with Gasteiger partial charge in [0, 0.05) is 69.9 Å². The third kappa shape index (κ3) is 5.71. The summed E-state index contributed by atoms with van der Waals surface area (Å²) in [6.45, 7) is 6.05. The van der Waals surface area contributed by atoms with Crippen LogP contribution >= 0.6 is 0 Å². The van der Waals surface area contributed by atoms with Crippen molar-refractivity contribution in [2.75, 3.05) is 53.4 Å². The fourth-order valence-electron chi connectivity index (χ4n) is 4.48. The SMILES string of the molecule is CNC1=C(C(N)=Nc2ccc(-c3ccc(C(=O)N4CCN(C)CC4)cc3)cc2)CN(C(C)=O)CC1. The summed E-state index contributed by atoms with van der Waals surface area (Å²) in [5, 5.41) is 3.20. The van der Waals surface area contributed by atoms with E-state index in [1.807, 2.05) is 60.5 Å². The molecule has 4 rings (SSSR count). The molecule has 2 amide bonds. The molecule has 0 spiro atoms. The van der Waals surface area contributed by atoms with Crippen LogP contribution < -0.4 is 11.1 Å². The maximum Gasteiger partial charge on any atom is 0.253 e. The van der Waals surface area contributed by atoms with Gasteiger partial charge in [0.2, 0.25) is 5.91 Å². The van der Waals surface area contributed by atoms with Crippen LogP contribution in [0.5, 0.6) is 0 Å². The van der Waals surface area contributed by atoms with Crippen molar-refractivity contribution >= 4 is 23.3 Å². The second kappa shape index (κ2) is 10.7. The number of amidine groups is 1. The molecule has 0 atom stereocenters. The van der Waals surface area contributed by atoms with Crippen LogP contribution in [0.25, 0.3) is 11.1 Å². The summed E-state index contributed by atoms with van der Waals surface area (Å²) in [7, 11) is 3.95. The summed E-state index contributed by atoms with van der Waals surface area (Å²) in [5.74, 6) is 0.539. The van der Waals surface area contributed by atoms with E-state index in [0.717, 1.165) is 60.7 Å². The Bertz CT molecular complexity index is 1130. The molecule has 1 saturated heterocycles. The Morgan fingerprint density at radius 2 is 1.49 bits per heavy atom. The number of aliphatic imine (C=N–C) groups is 1. The number of amides is 2. The van der Waals surface area contributed by atoms with Gasteiger partial charge in [-0.05, 0) is 42.4 Å². The minimum Gasteiger partial charge on any atom is -0.391 e. The molecule has 0 bridgehead atoms. The minimum absolute atomic E-state index is 0.0334. The molecule has 35 heavy (non-hydrogen) atoms. The maximum absolute atomic E-state index is 12.8. The lowest BCUT2D eigenvalue weighted by molar-refractivity contribution is -0.128. The normalized spacial score (nSPS) is 17.5. The second-order valence-electron chi connectivity index (χ2n) is 9.11. The van der Waals surface area contributed by atoms with Gasteiger partial charge < -0.3 is 25.8 Å². The predicted octanol–water partition coefficient (Wildman–Crippen LogP) is 2.46. The first-order valence-corrected chi connectivity index (χ1v) is 12.0. The molecule has 0 radical (unpaired) electrons. The van der Waals surface area contributed by atoms with Crippen LogP contribution in [-0.4, -0.2) is 85.7 Å². The van der Waals surface area contributed by atoms with Crippen molar-refractivity contribution in [3.63, 3.8) is 0 Å². The highest BCUT2D eigenvalue weighted by Gasteiger charge is 2.23. The first-order chi connectivity index (χ1) is 16.9. The molecule has 2 aliphatic heterocycles. The monoisotopic (exact) mass is 474 g/mol. The fourth-order valence-corrected chi connectivity index (χ4v) is 4.48. The lowest BCUT2D eigenvalue weighted by Gasteiger charge is -2.32. The van der Waals surface area contributed by atoms with E-state index < -0.39 is 0 Å². The topological polar surface area (TPSA) is 94.3 Å². The Balaban J connectivity index is 1.46. The van der Waals surface area contributed by atoms with Gasteiger partial charge in [0.15, 0.2) is 0 Å². The molecule has 0 unspecified atom stereocenters. The van der Waals surface area contributed by atoms with Gasteiger partial charge in [0.1, 0.15) is 5.84 Å². The lowest BCUT2D eigenvalue weighted by Crippen LogP contribution is -2.47. The maximum atomic E-state index is 12.8. The van der Waals surface area contributed by atoms with Gasteiger partial charge in [-0.2, -0.15) is 0 Å². The number of carbonyl (C=O) groups excluding carboxylic acids is 2. The van der Waals surface area contributed by atoms with E-state index >= 15 is 0 Å². The molecule has 3 N–H and O–H groups in total. The summed E-state index contributed by atoms with van der Waals surface area (Å²) in [6, 6.07) is 15.6. The van der Waals surface area contributed by atoms with E-state index in [1.54, 1.807) is 11.8 Å². The van der Waals surface area contributed by atoms with Crippen LogP contribution in [0.2, 0.25) is 0 Å². The van der Waals surface area contributed by atoms with Crippen molar-refractivity contribution in [2.24, 2.45) is 10.7 Å². The number of nitrogens with two attached hydrogens (primary N) is 1. The van der Waals surface area contributed by atoms with Gasteiger partial charge in [-0.1, -0.05) is 24.3 Å². The fraction of sp³-hybridized carbons (Fsp3) is 0.370. The molecule has 0 saturated carbocycles. The number of hydrogen-bond acceptors (Lipinski definition) is 5. The number of rotatable bonds is 5. The van der Waals surface area contributed by atoms with Crippen LogP contribution in [0.3, 0.4) is 0 Å². The number of carbonyl (C=O) groups is 2. The number of likely N-dealkylation sites (N-methyl/N-ethyl adjacent to an activating group) is 1. The molecular formula is C27H34N6O2. The molecule has 0 aromatic heterocycles. The average Bonchev–Trinajstić information content (AvgIpc) is 2.89. The summed E-state index contributed by atoms with van der Waals surface area (Å²) in [5.41, 5.74) is 11.8. The smallest absolute Gasteiger partial charge is 0.253 e. The van der Waals surface area contributed by atoms with E-state index in [4.69, 9.17) is 5.73 Å². The first kappa shape index (κ1) is 24.5. The van der Waals surface area contributed by atoms with E-state index in [1.165, 1.54) is 0 Å². The number of nitrogens with zero attached hydrogens (tertiary/aromatic N) is 4. The highest BCUT2D eigenvalue weighted by Crippen LogP contribution is 2.25. The summed E-state index contributed by atoms with van der Waals surface area (Å²) in [6.07, 6.45) is 0.730. The summed E-state index contributed by atoms with van der Waals surface area (Å²) in [4.78, 5) is 35.2. The molecule has 2 aromatic rings. The van der Waals surface area contributed by atoms with Crippen LogP contribution in [-0.2, 0) is 4.79 Å². The largest absolute Gasteiger partial charge is 0.391 e. The van der Waals surface area contributed by atoms with Crippen LogP contribution in [0.15, 0.2) is 64.8 Å². The molecule has 184 valence electrons. The molecule has 1 fully saturated rings. The average molecular weight is 475 g/mol. The van der Waals surface area contributed by atoms with Crippen molar-refractivity contribution in [1.29, 1.82) is 0 Å². The molecule has 2 aliphatic rings. The molecular weight excluding hydrogens is 440 g/mol. The van der Waals surface area contributed by atoms with E-state index in [0.29, 0.717) is 24.5 Å². The van der Waals surface area contributed by atoms with Gasteiger partial charge in [-0.3, -0.25) is 9.59 Å². The number of piperazine rings is 1. The first-order valence-electron chi connectivity index (χ1n) is 12.0. The Kier molecular flexibility index (Phi) is 7.51. The van der Waals surface area contributed by atoms with E-state index in [2.05, 4.69) is 22.3 Å². The Hall–Kier alpha value is -3.65. The molecule has 8 nitrogen and oxygen atoms in total. The molecule has 0 aliphatic carbocycles. The molecule has 2 heterocycles. The lowest BCUT2D eigenvalue weighted by atomic mass is 10.0. The Morgan fingerprint density at radius 3 is 2.06 bits per heavy atom. The predicted molar refractivity (Wildman–Crippen MR) is 140 cm³/mol. The standard InChI is InChI=1S/C27H34N6O2/c1-19(34)33-13-12-25(29-2)24(18-33)26(28)30-23-10-8-21(9-11-23)20-4-6-22(7-5-20)27(35)32-16-14-31(3)15-17-32/h4-11,29H,12-18H2,1-3H3,(H2,28,30). The van der Waals surface area contributed by atoms with Gasteiger partial charge in [0.05, 0.1) is 12.2 Å². The van der Waals surface area contributed by atoms with Gasteiger partial charge in [-0.15, -0.1) is 0 Å². The van der Waals surface area contributed by atoms with Crippen LogP contribution in [0.4, 0.5) is 5.69 Å². The Morgan fingerprint density at radius 1 is 0.886 bits per heavy atom. The van der Waals surface area contributed by atoms with Gasteiger partial charge in [-0.25, -0.2) is 4.99 Å². The van der Waals surface area contributed by atoms with Crippen molar-refractivity contribution in [3.05, 3.63) is 65.4 Å². The number of hydrogen-bond donors (Lipinski definition) is 2. The van der Waals surface area contributed by atoms with Crippen molar-refractivity contribution in [2.45, 2.75) is 13.3 Å². The number of nitrogens with one attached hydrogen (secondary N) is 1. The zero-order valence-electron chi connectivity index (χ0n) is 20.8. The molecule has 8 heteroatoms. The second-order valence-corrected chi connectivity index (χ2v) is 9.11. The van der Waals surface area contributed by atoms with Crippen LogP contribution in [0.1, 0.15) is 23.7 Å². The van der Waals surface area contributed by atoms with E-state index in [9.17, 15) is 9.59 Å². The van der Waals surface area contributed by atoms with Crippen molar-refractivity contribution in [1.82, 2.24) is 20.0 Å². The Labute approximate surface area is 207 Å². The van der Waals surface area contributed by atoms with Crippen molar-refractivity contribution in [3.8, 4) is 11.1 Å². The van der Waals surface area contributed by atoms with Crippen molar-refractivity contribution < 1.29 is 9.59 Å².